The molecular weight excluding hydrogens is 1100 g/mol. The number of nitrogens with one attached hydrogen (secondary N) is 1. The van der Waals surface area contributed by atoms with Crippen LogP contribution in [0.2, 0.25) is 0 Å². The van der Waals surface area contributed by atoms with Crippen molar-refractivity contribution in [3.8, 4) is 35.4 Å². The van der Waals surface area contributed by atoms with Crippen LogP contribution in [0.15, 0.2) is 53.5 Å². The molecule has 5 atom stereocenters. The molecule has 6 aliphatic rings. The summed E-state index contributed by atoms with van der Waals surface area (Å²) in [5.41, 5.74) is 1.75. The van der Waals surface area contributed by atoms with Gasteiger partial charge in [0.05, 0.1) is 34.1 Å². The van der Waals surface area contributed by atoms with Gasteiger partial charge < -0.3 is 33.6 Å². The first-order valence-electron chi connectivity index (χ1n) is 30.5. The molecule has 20 nitrogen and oxygen atoms in total. The molecule has 3 aromatic carbocycles. The molecule has 0 spiro atoms. The minimum Gasteiger partial charge on any atom is -0.468 e. The zero-order valence-electron chi connectivity index (χ0n) is 50.3. The Kier molecular flexibility index (Phi) is 16.5. The lowest BCUT2D eigenvalue weighted by Crippen LogP contribution is -2.57. The smallest absolute Gasteiger partial charge is 0.410 e. The Morgan fingerprint density at radius 1 is 0.837 bits per heavy atom. The number of amides is 3. The van der Waals surface area contributed by atoms with E-state index >= 15 is 8.78 Å². The number of imide groups is 1. The molecule has 0 saturated carbocycles. The maximum absolute atomic E-state index is 17.7. The second-order valence-electron chi connectivity index (χ2n) is 25.5. The zero-order valence-corrected chi connectivity index (χ0v) is 50.3. The Morgan fingerprint density at radius 3 is 2.24 bits per heavy atom. The van der Waals surface area contributed by atoms with Gasteiger partial charge >= 0.3 is 17.8 Å². The van der Waals surface area contributed by atoms with Gasteiger partial charge in [0.15, 0.2) is 12.6 Å². The first kappa shape index (κ1) is 58.9. The summed E-state index contributed by atoms with van der Waals surface area (Å²) in [6.07, 6.45) is 13.2. The van der Waals surface area contributed by atoms with Crippen molar-refractivity contribution in [2.75, 3.05) is 103 Å². The molecule has 3 amide bonds. The lowest BCUT2D eigenvalue weighted by molar-refractivity contribution is -0.135. The van der Waals surface area contributed by atoms with Gasteiger partial charge in [0, 0.05) is 120 Å². The van der Waals surface area contributed by atoms with Crippen LogP contribution in [0.25, 0.3) is 44.0 Å². The van der Waals surface area contributed by atoms with Crippen LogP contribution in [-0.2, 0) is 19.1 Å². The van der Waals surface area contributed by atoms with Crippen LogP contribution in [0.5, 0.6) is 11.8 Å². The number of rotatable bonds is 15. The van der Waals surface area contributed by atoms with Gasteiger partial charge in [-0.2, -0.15) is 9.97 Å². The first-order chi connectivity index (χ1) is 41.3. The predicted molar refractivity (Wildman–Crippen MR) is 324 cm³/mol. The summed E-state index contributed by atoms with van der Waals surface area (Å²) in [6.45, 7) is 18.4. The third-order valence-electron chi connectivity index (χ3n) is 18.6. The molecule has 2 bridgehead atoms. The van der Waals surface area contributed by atoms with Crippen molar-refractivity contribution in [2.24, 2.45) is 5.92 Å². The molecule has 456 valence electrons. The second kappa shape index (κ2) is 24.0. The van der Waals surface area contributed by atoms with Crippen LogP contribution in [0.3, 0.4) is 0 Å². The number of anilines is 2. The van der Waals surface area contributed by atoms with Crippen molar-refractivity contribution >= 4 is 62.1 Å². The number of likely N-dealkylation sites (N-methyl/N-ethyl adjacent to an activating group) is 1. The molecule has 0 aliphatic carbocycles. The Labute approximate surface area is 499 Å². The van der Waals surface area contributed by atoms with Gasteiger partial charge in [0.2, 0.25) is 11.8 Å². The molecular formula is C64H78F2N12O8. The Bertz CT molecular complexity index is 3680. The number of carbonyl (C=O) groups excluding carboxylic acids is 3. The summed E-state index contributed by atoms with van der Waals surface area (Å²) in [5.74, 6) is 1.71. The number of imidazole rings is 1. The van der Waals surface area contributed by atoms with E-state index in [4.69, 9.17) is 40.3 Å². The highest BCUT2D eigenvalue weighted by molar-refractivity contribution is 6.03. The van der Waals surface area contributed by atoms with Crippen LogP contribution in [0, 0.1) is 29.9 Å². The molecule has 86 heavy (non-hydrogen) atoms. The summed E-state index contributed by atoms with van der Waals surface area (Å²) in [6, 6.07) is 11.5. The number of carbonyl (C=O) groups is 3. The third kappa shape index (κ3) is 11.5. The Hall–Kier alpha value is -7.45. The second-order valence-corrected chi connectivity index (χ2v) is 25.5. The van der Waals surface area contributed by atoms with Crippen molar-refractivity contribution in [3.05, 3.63) is 76.3 Å². The number of likely N-dealkylation sites (tertiary alicyclic amines) is 1. The van der Waals surface area contributed by atoms with Crippen LogP contribution in [0.1, 0.15) is 104 Å². The maximum Gasteiger partial charge on any atom is 0.410 e. The number of fused-ring (bicyclic) bond motifs is 5. The number of halogens is 2. The van der Waals surface area contributed by atoms with Gasteiger partial charge in [-0.3, -0.25) is 43.7 Å². The number of hydrogen-bond acceptors (Lipinski definition) is 16. The summed E-state index contributed by atoms with van der Waals surface area (Å²) in [4.78, 5) is 80.6. The highest BCUT2D eigenvalue weighted by Gasteiger charge is 2.46. The minimum absolute atomic E-state index is 0.0143. The fourth-order valence-corrected chi connectivity index (χ4v) is 14.2. The first-order valence-corrected chi connectivity index (χ1v) is 30.5. The number of nitrogens with zero attached hydrogens (tertiary/aromatic N) is 11. The van der Waals surface area contributed by atoms with E-state index < -0.39 is 29.2 Å². The molecule has 12 rings (SSSR count). The number of piperazine rings is 2. The number of methoxy groups -OCH3 is 1. The standard InChI is InChI=1S/C64H78F2N12O8/c1-9-47-50(65)16-10-40-28-46(85-37-83-8)30-48(55(40)47)57-56(66)58-49(31-67-57)59(75-34-43-12-13-44(35-75)77(43)63(82)86-64(4,5)6)70-61(69-58)84-36-45-14-11-42(71(45)7)33-73-26-24-72(25-27-73)32-39-20-22-74(23-21-39)41-15-17-51-53(29-41)76(38(2)3)62(81)78(51)52-18-19-54(79)68-60(52)80/h1,10,15-17,28-31,38-39,42-45,52H,11-14,18-27,32-37H2,2-8H3,(H,68,79,80)/t42-,43?,44?,45-,52?/m0/s1. The highest BCUT2D eigenvalue weighted by Crippen LogP contribution is 2.42. The third-order valence-corrected chi connectivity index (χ3v) is 18.6. The van der Waals surface area contributed by atoms with Crippen molar-refractivity contribution in [3.63, 3.8) is 0 Å². The van der Waals surface area contributed by atoms with Crippen molar-refractivity contribution in [2.45, 2.75) is 128 Å². The van der Waals surface area contributed by atoms with Gasteiger partial charge in [-0.15, -0.1) is 6.42 Å². The number of ether oxygens (including phenoxy) is 4. The molecule has 6 aromatic rings. The van der Waals surface area contributed by atoms with E-state index in [1.165, 1.54) is 13.2 Å². The largest absolute Gasteiger partial charge is 0.468 e. The molecule has 3 unspecified atom stereocenters. The number of piperidine rings is 2. The van der Waals surface area contributed by atoms with E-state index in [-0.39, 0.29) is 90.0 Å². The normalized spacial score (nSPS) is 22.8. The molecule has 6 fully saturated rings. The Balaban J connectivity index is 0.701. The van der Waals surface area contributed by atoms with E-state index in [1.807, 2.05) is 45.6 Å². The van der Waals surface area contributed by atoms with Crippen LogP contribution < -0.4 is 30.3 Å². The van der Waals surface area contributed by atoms with Crippen LogP contribution in [0.4, 0.5) is 25.1 Å². The summed E-state index contributed by atoms with van der Waals surface area (Å²) in [5, 5.41) is 3.61. The Morgan fingerprint density at radius 2 is 1.56 bits per heavy atom. The van der Waals surface area contributed by atoms with Crippen molar-refractivity contribution in [1.29, 1.82) is 0 Å². The molecule has 0 radical (unpaired) electrons. The molecule has 3 aromatic heterocycles. The number of benzene rings is 3. The van der Waals surface area contributed by atoms with Crippen LogP contribution in [-0.4, -0.2) is 184 Å². The molecule has 9 heterocycles. The fraction of sp³-hybridized carbons (Fsp3) is 0.547. The lowest BCUT2D eigenvalue weighted by Gasteiger charge is -2.42. The summed E-state index contributed by atoms with van der Waals surface area (Å²) in [7, 11) is 3.64. The monoisotopic (exact) mass is 1180 g/mol. The van der Waals surface area contributed by atoms with E-state index in [2.05, 4.69) is 54.9 Å². The van der Waals surface area contributed by atoms with Gasteiger partial charge in [-0.25, -0.2) is 18.4 Å². The molecule has 1 N–H and O–H groups in total. The van der Waals surface area contributed by atoms with E-state index in [9.17, 15) is 19.2 Å². The number of aromatic nitrogens is 5. The minimum atomic E-state index is -0.763. The molecule has 22 heteroatoms. The quantitative estimate of drug-likeness (QED) is 0.0598. The van der Waals surface area contributed by atoms with Crippen LogP contribution >= 0.6 is 0 Å². The average Bonchev–Trinajstić information content (AvgIpc) is 1.37. The maximum atomic E-state index is 17.7. The SMILES string of the molecule is C#Cc1c(F)ccc2cc(OCOC)cc(-c3ncc4c(N5CC6CCC(C5)N6C(=O)OC(C)(C)C)nc(OC[C@@H]5CC[C@@H](CN6CCN(CC7CCN(c8ccc9c(c8)n(C(C)C)c(=O)n9C8CCC(=O)NC8=O)CC7)CC6)N5C)nc4c3F)c12. The lowest BCUT2D eigenvalue weighted by atomic mass is 9.95. The van der Waals surface area contributed by atoms with E-state index in [0.29, 0.717) is 64.7 Å². The van der Waals surface area contributed by atoms with Gasteiger partial charge in [0.25, 0.3) is 0 Å². The van der Waals surface area contributed by atoms with Gasteiger partial charge in [-0.1, -0.05) is 12.0 Å². The van der Waals surface area contributed by atoms with E-state index in [0.717, 1.165) is 102 Å². The average molecular weight is 1180 g/mol. The highest BCUT2D eigenvalue weighted by atomic mass is 19.1. The number of hydrogen-bond donors (Lipinski definition) is 1. The molecule has 6 saturated heterocycles. The zero-order chi connectivity index (χ0) is 60.3. The fourth-order valence-electron chi connectivity index (χ4n) is 14.2. The van der Waals surface area contributed by atoms with Crippen molar-refractivity contribution < 1.29 is 42.1 Å². The topological polar surface area (TPSA) is 185 Å². The summed E-state index contributed by atoms with van der Waals surface area (Å²) < 4.78 is 59.9. The van der Waals surface area contributed by atoms with Crippen molar-refractivity contribution in [1.82, 2.24) is 49.0 Å². The van der Waals surface area contributed by atoms with Gasteiger partial charge in [0.1, 0.15) is 46.8 Å². The predicted octanol–water partition coefficient (Wildman–Crippen LogP) is 7.73. The summed E-state index contributed by atoms with van der Waals surface area (Å²) >= 11 is 0. The number of terminal acetylenes is 1. The molecule has 6 aliphatic heterocycles. The number of pyridine rings is 1. The van der Waals surface area contributed by atoms with E-state index in [1.54, 1.807) is 33.5 Å². The van der Waals surface area contributed by atoms with Gasteiger partial charge in [-0.05, 0) is 134 Å².